The first kappa shape index (κ1) is 21.7. The highest BCUT2D eigenvalue weighted by molar-refractivity contribution is 9.10. The van der Waals surface area contributed by atoms with Crippen LogP contribution in [0.25, 0.3) is 0 Å². The summed E-state index contributed by atoms with van der Waals surface area (Å²) in [6, 6.07) is 16.9. The second kappa shape index (κ2) is 9.74. The molecule has 0 saturated heterocycles. The molecule has 7 nitrogen and oxygen atoms in total. The van der Waals surface area contributed by atoms with Crippen molar-refractivity contribution in [1.82, 2.24) is 9.78 Å². The molecule has 0 spiro atoms. The topological polar surface area (TPSA) is 78.5 Å². The number of ether oxygens (including phenoxy) is 2. The summed E-state index contributed by atoms with van der Waals surface area (Å²) in [5.41, 5.74) is 2.70. The van der Waals surface area contributed by atoms with Crippen molar-refractivity contribution in [3.05, 3.63) is 94.1 Å². The van der Waals surface area contributed by atoms with E-state index in [4.69, 9.17) is 13.9 Å². The Morgan fingerprint density at radius 1 is 1.09 bits per heavy atom. The highest BCUT2D eigenvalue weighted by Gasteiger charge is 2.13. The van der Waals surface area contributed by atoms with Gasteiger partial charge in [0, 0.05) is 4.47 Å². The molecule has 0 radical (unpaired) electrons. The summed E-state index contributed by atoms with van der Waals surface area (Å²) in [5, 5.41) is 6.97. The molecule has 2 aromatic heterocycles. The van der Waals surface area contributed by atoms with E-state index >= 15 is 0 Å². The normalized spacial score (nSPS) is 10.7. The number of anilines is 1. The fourth-order valence-electron chi connectivity index (χ4n) is 2.95. The minimum Gasteiger partial charge on any atom is -0.485 e. The van der Waals surface area contributed by atoms with Gasteiger partial charge in [-0.05, 0) is 67.4 Å². The van der Waals surface area contributed by atoms with E-state index in [0.717, 1.165) is 27.1 Å². The van der Waals surface area contributed by atoms with Gasteiger partial charge in [0.25, 0.3) is 5.91 Å². The van der Waals surface area contributed by atoms with Gasteiger partial charge < -0.3 is 19.2 Å². The summed E-state index contributed by atoms with van der Waals surface area (Å²) in [4.78, 5) is 12.5. The maximum absolute atomic E-state index is 12.5. The lowest BCUT2D eigenvalue weighted by molar-refractivity contribution is 0.0992. The number of nitrogens with one attached hydrogen (secondary N) is 1. The lowest BCUT2D eigenvalue weighted by atomic mass is 10.1. The van der Waals surface area contributed by atoms with Gasteiger partial charge in [-0.25, -0.2) is 4.68 Å². The Labute approximate surface area is 194 Å². The fraction of sp³-hybridized carbons (Fsp3) is 0.167. The maximum Gasteiger partial charge on any atom is 0.291 e. The first-order chi connectivity index (χ1) is 15.5. The van der Waals surface area contributed by atoms with Gasteiger partial charge in [-0.15, -0.1) is 0 Å². The largest absolute Gasteiger partial charge is 0.485 e. The second-order valence-electron chi connectivity index (χ2n) is 7.27. The standard InChI is InChI=1S/C24H22BrN3O4/c1-16-3-4-17(2)23(11-16)30-14-21-9-10-22(32-21)24(29)27-19-12-26-28(13-19)15-31-20-7-5-18(25)6-8-20/h3-13H,14-15H2,1-2H3,(H,27,29). The molecule has 2 heterocycles. The van der Waals surface area contributed by atoms with Gasteiger partial charge in [-0.3, -0.25) is 4.79 Å². The van der Waals surface area contributed by atoms with E-state index < -0.39 is 0 Å². The van der Waals surface area contributed by atoms with E-state index in [1.54, 1.807) is 29.2 Å². The zero-order chi connectivity index (χ0) is 22.5. The summed E-state index contributed by atoms with van der Waals surface area (Å²) in [6.45, 7) is 4.46. The highest BCUT2D eigenvalue weighted by atomic mass is 79.9. The Kier molecular flexibility index (Phi) is 6.61. The van der Waals surface area contributed by atoms with Crippen LogP contribution >= 0.6 is 15.9 Å². The van der Waals surface area contributed by atoms with Crippen molar-refractivity contribution in [3.8, 4) is 11.5 Å². The minimum absolute atomic E-state index is 0.198. The monoisotopic (exact) mass is 495 g/mol. The molecule has 0 fully saturated rings. The molecule has 8 heteroatoms. The Hall–Kier alpha value is -3.52. The molecule has 2 aromatic carbocycles. The fourth-order valence-corrected chi connectivity index (χ4v) is 3.22. The molecular weight excluding hydrogens is 474 g/mol. The number of amides is 1. The summed E-state index contributed by atoms with van der Waals surface area (Å²) in [6.07, 6.45) is 3.24. The van der Waals surface area contributed by atoms with Gasteiger partial charge in [-0.2, -0.15) is 5.10 Å². The average molecular weight is 496 g/mol. The smallest absolute Gasteiger partial charge is 0.291 e. The number of furan rings is 1. The first-order valence-electron chi connectivity index (χ1n) is 9.97. The van der Waals surface area contributed by atoms with E-state index in [2.05, 4.69) is 26.3 Å². The van der Waals surface area contributed by atoms with Crippen LogP contribution in [0.5, 0.6) is 11.5 Å². The quantitative estimate of drug-likeness (QED) is 0.338. The summed E-state index contributed by atoms with van der Waals surface area (Å²) >= 11 is 3.39. The Morgan fingerprint density at radius 2 is 1.91 bits per heavy atom. The zero-order valence-corrected chi connectivity index (χ0v) is 19.3. The maximum atomic E-state index is 12.5. The van der Waals surface area contributed by atoms with Crippen LogP contribution in [0.15, 0.2) is 75.9 Å². The molecular formula is C24H22BrN3O4. The number of aromatic nitrogens is 2. The van der Waals surface area contributed by atoms with Crippen LogP contribution in [0.1, 0.15) is 27.4 Å². The third kappa shape index (κ3) is 5.59. The van der Waals surface area contributed by atoms with Gasteiger partial charge in [0.2, 0.25) is 0 Å². The van der Waals surface area contributed by atoms with Crippen LogP contribution in [0.3, 0.4) is 0 Å². The second-order valence-corrected chi connectivity index (χ2v) is 8.19. The SMILES string of the molecule is Cc1ccc(C)c(OCc2ccc(C(=O)Nc3cnn(COc4ccc(Br)cc4)c3)o2)c1. The molecule has 0 saturated carbocycles. The van der Waals surface area contributed by atoms with Crippen molar-refractivity contribution in [2.24, 2.45) is 0 Å². The summed E-state index contributed by atoms with van der Waals surface area (Å²) < 4.78 is 19.7. The summed E-state index contributed by atoms with van der Waals surface area (Å²) in [7, 11) is 0. The van der Waals surface area contributed by atoms with Crippen LogP contribution < -0.4 is 14.8 Å². The van der Waals surface area contributed by atoms with E-state index in [9.17, 15) is 4.79 Å². The van der Waals surface area contributed by atoms with E-state index in [1.807, 2.05) is 56.3 Å². The minimum atomic E-state index is -0.364. The first-order valence-corrected chi connectivity index (χ1v) is 10.8. The molecule has 32 heavy (non-hydrogen) atoms. The van der Waals surface area contributed by atoms with Crippen LogP contribution in [0, 0.1) is 13.8 Å². The molecule has 4 aromatic rings. The zero-order valence-electron chi connectivity index (χ0n) is 17.7. The Balaban J connectivity index is 1.30. The Morgan fingerprint density at radius 3 is 2.72 bits per heavy atom. The van der Waals surface area contributed by atoms with Gasteiger partial charge >= 0.3 is 0 Å². The predicted octanol–water partition coefficient (Wildman–Crippen LogP) is 5.72. The van der Waals surface area contributed by atoms with Crippen LogP contribution in [0.2, 0.25) is 0 Å². The molecule has 0 aliphatic heterocycles. The molecule has 0 aliphatic rings. The van der Waals surface area contributed by atoms with Crippen molar-refractivity contribution in [2.75, 3.05) is 5.32 Å². The molecule has 0 aliphatic carbocycles. The summed E-state index contributed by atoms with van der Waals surface area (Å²) in [5.74, 6) is 1.92. The number of aryl methyl sites for hydroxylation is 2. The molecule has 1 N–H and O–H groups in total. The number of benzene rings is 2. The van der Waals surface area contributed by atoms with E-state index in [0.29, 0.717) is 11.4 Å². The van der Waals surface area contributed by atoms with Crippen molar-refractivity contribution < 1.29 is 18.7 Å². The average Bonchev–Trinajstić information content (AvgIpc) is 3.43. The number of carbonyl (C=O) groups excluding carboxylic acids is 1. The molecule has 0 atom stereocenters. The van der Waals surface area contributed by atoms with Crippen LogP contribution in [-0.2, 0) is 13.3 Å². The lowest BCUT2D eigenvalue weighted by Crippen LogP contribution is -2.10. The van der Waals surface area contributed by atoms with Crippen molar-refractivity contribution in [3.63, 3.8) is 0 Å². The van der Waals surface area contributed by atoms with Gasteiger partial charge in [0.05, 0.1) is 18.1 Å². The predicted molar refractivity (Wildman–Crippen MR) is 124 cm³/mol. The van der Waals surface area contributed by atoms with Gasteiger partial charge in [-0.1, -0.05) is 28.1 Å². The molecule has 0 bridgehead atoms. The third-order valence-electron chi connectivity index (χ3n) is 4.67. The molecule has 4 rings (SSSR count). The molecule has 1 amide bonds. The van der Waals surface area contributed by atoms with Crippen LogP contribution in [0.4, 0.5) is 5.69 Å². The van der Waals surface area contributed by atoms with E-state index in [-0.39, 0.29) is 25.0 Å². The molecule has 0 unspecified atom stereocenters. The Bertz CT molecular complexity index is 1210. The van der Waals surface area contributed by atoms with Crippen molar-refractivity contribution >= 4 is 27.5 Å². The highest BCUT2D eigenvalue weighted by Crippen LogP contribution is 2.21. The van der Waals surface area contributed by atoms with Crippen molar-refractivity contribution in [1.29, 1.82) is 0 Å². The molecule has 164 valence electrons. The van der Waals surface area contributed by atoms with Crippen LogP contribution in [-0.4, -0.2) is 15.7 Å². The lowest BCUT2D eigenvalue weighted by Gasteiger charge is -2.08. The number of halogens is 1. The van der Waals surface area contributed by atoms with E-state index in [1.165, 1.54) is 0 Å². The van der Waals surface area contributed by atoms with Gasteiger partial charge in [0.15, 0.2) is 12.5 Å². The number of rotatable bonds is 8. The number of hydrogen-bond acceptors (Lipinski definition) is 5. The van der Waals surface area contributed by atoms with Gasteiger partial charge in [0.1, 0.15) is 23.9 Å². The third-order valence-corrected chi connectivity index (χ3v) is 5.20. The number of nitrogens with zero attached hydrogens (tertiary/aromatic N) is 2. The van der Waals surface area contributed by atoms with Crippen molar-refractivity contribution in [2.45, 2.75) is 27.2 Å². The number of carbonyl (C=O) groups is 1. The number of hydrogen-bond donors (Lipinski definition) is 1.